The van der Waals surface area contributed by atoms with Crippen molar-refractivity contribution in [2.75, 3.05) is 5.32 Å². The maximum Gasteiger partial charge on any atom is 0.257 e. The summed E-state index contributed by atoms with van der Waals surface area (Å²) < 4.78 is 7.28. The van der Waals surface area contributed by atoms with Crippen molar-refractivity contribution in [2.45, 2.75) is 26.9 Å². The molecule has 0 aliphatic rings. The molecule has 3 rings (SSSR count). The van der Waals surface area contributed by atoms with E-state index in [-0.39, 0.29) is 12.0 Å². The van der Waals surface area contributed by atoms with Crippen LogP contribution in [0.4, 0.5) is 5.69 Å². The summed E-state index contributed by atoms with van der Waals surface area (Å²) in [6.45, 7) is 5.74. The topological polar surface area (TPSA) is 69.0 Å². The molecule has 0 aliphatic heterocycles. The summed E-state index contributed by atoms with van der Waals surface area (Å²) >= 11 is 6.20. The number of nitrogens with zero attached hydrogens (tertiary/aromatic N) is 3. The molecule has 0 radical (unpaired) electrons. The van der Waals surface area contributed by atoms with Gasteiger partial charge in [0.15, 0.2) is 5.65 Å². The van der Waals surface area contributed by atoms with Gasteiger partial charge in [0.1, 0.15) is 5.75 Å². The van der Waals surface area contributed by atoms with Gasteiger partial charge in [0.2, 0.25) is 0 Å². The molecule has 3 aromatic rings. The Bertz CT molecular complexity index is 950. The van der Waals surface area contributed by atoms with E-state index in [0.29, 0.717) is 22.0 Å². The predicted octanol–water partition coefficient (Wildman–Crippen LogP) is 3.97. The second kappa shape index (κ2) is 6.72. The van der Waals surface area contributed by atoms with Crippen LogP contribution in [0.25, 0.3) is 11.0 Å². The molecule has 0 bridgehead atoms. The number of amides is 1. The van der Waals surface area contributed by atoms with Crippen LogP contribution in [0, 0.1) is 6.92 Å². The van der Waals surface area contributed by atoms with Gasteiger partial charge in [0, 0.05) is 24.3 Å². The molecular weight excluding hydrogens is 340 g/mol. The number of rotatable bonds is 4. The van der Waals surface area contributed by atoms with Crippen molar-refractivity contribution in [1.82, 2.24) is 14.8 Å². The Balaban J connectivity index is 1.82. The number of halogens is 1. The number of aromatic nitrogens is 3. The van der Waals surface area contributed by atoms with Gasteiger partial charge in [-0.05, 0) is 45.0 Å². The zero-order valence-corrected chi connectivity index (χ0v) is 15.3. The molecule has 1 amide bonds. The monoisotopic (exact) mass is 358 g/mol. The molecule has 7 heteroatoms. The number of fused-ring (bicyclic) bond motifs is 1. The minimum absolute atomic E-state index is 0.0264. The third-order valence-electron chi connectivity index (χ3n) is 3.68. The van der Waals surface area contributed by atoms with Gasteiger partial charge in [0.05, 0.1) is 22.4 Å². The lowest BCUT2D eigenvalue weighted by molar-refractivity contribution is 0.102. The van der Waals surface area contributed by atoms with E-state index in [1.165, 1.54) is 6.20 Å². The highest BCUT2D eigenvalue weighted by atomic mass is 35.5. The molecule has 2 aromatic heterocycles. The van der Waals surface area contributed by atoms with Gasteiger partial charge in [-0.15, -0.1) is 0 Å². The Hall–Kier alpha value is -2.60. The van der Waals surface area contributed by atoms with Gasteiger partial charge < -0.3 is 10.1 Å². The number of hydrogen-bond donors (Lipinski definition) is 1. The molecule has 0 saturated heterocycles. The average molecular weight is 359 g/mol. The molecule has 0 unspecified atom stereocenters. The number of pyridine rings is 1. The maximum atomic E-state index is 12.5. The Morgan fingerprint density at radius 3 is 2.76 bits per heavy atom. The minimum atomic E-state index is -0.258. The van der Waals surface area contributed by atoms with Crippen LogP contribution < -0.4 is 10.1 Å². The number of anilines is 1. The first-order valence-corrected chi connectivity index (χ1v) is 8.30. The van der Waals surface area contributed by atoms with Crippen molar-refractivity contribution in [1.29, 1.82) is 0 Å². The molecule has 1 N–H and O–H groups in total. The zero-order chi connectivity index (χ0) is 18.1. The van der Waals surface area contributed by atoms with E-state index in [0.717, 1.165) is 16.7 Å². The Kier molecular flexibility index (Phi) is 4.63. The van der Waals surface area contributed by atoms with Crippen LogP contribution in [0.2, 0.25) is 5.02 Å². The Morgan fingerprint density at radius 2 is 2.08 bits per heavy atom. The van der Waals surface area contributed by atoms with Gasteiger partial charge in [-0.3, -0.25) is 9.48 Å². The van der Waals surface area contributed by atoms with Crippen LogP contribution >= 0.6 is 11.6 Å². The van der Waals surface area contributed by atoms with Crippen LogP contribution in [-0.2, 0) is 7.05 Å². The first-order valence-electron chi connectivity index (χ1n) is 7.92. The molecule has 0 fully saturated rings. The molecule has 2 heterocycles. The third kappa shape index (κ3) is 3.58. The van der Waals surface area contributed by atoms with Crippen molar-refractivity contribution in [2.24, 2.45) is 7.05 Å². The fourth-order valence-electron chi connectivity index (χ4n) is 2.56. The molecule has 0 spiro atoms. The summed E-state index contributed by atoms with van der Waals surface area (Å²) in [6.07, 6.45) is 1.56. The average Bonchev–Trinajstić information content (AvgIpc) is 2.84. The Labute approximate surface area is 150 Å². The highest BCUT2D eigenvalue weighted by Crippen LogP contribution is 2.28. The van der Waals surface area contributed by atoms with E-state index < -0.39 is 0 Å². The van der Waals surface area contributed by atoms with Crippen LogP contribution in [0.15, 0.2) is 30.5 Å². The fourth-order valence-corrected chi connectivity index (χ4v) is 2.79. The fraction of sp³-hybridized carbons (Fsp3) is 0.278. The van der Waals surface area contributed by atoms with Crippen LogP contribution in [0.1, 0.15) is 29.9 Å². The first-order chi connectivity index (χ1) is 11.8. The SMILES string of the molecule is Cc1nn(C)c2ncc(C(=O)Nc3ccc(OC(C)C)c(Cl)c3)cc12. The summed E-state index contributed by atoms with van der Waals surface area (Å²) in [5.74, 6) is 0.329. The second-order valence-electron chi connectivity index (χ2n) is 6.07. The molecule has 130 valence electrons. The summed E-state index contributed by atoms with van der Waals surface area (Å²) in [5.41, 5.74) is 2.63. The van der Waals surface area contributed by atoms with E-state index in [1.54, 1.807) is 28.9 Å². The molecule has 6 nitrogen and oxygen atoms in total. The zero-order valence-electron chi connectivity index (χ0n) is 14.5. The summed E-state index contributed by atoms with van der Waals surface area (Å²) in [4.78, 5) is 16.8. The lowest BCUT2D eigenvalue weighted by Gasteiger charge is -2.12. The first kappa shape index (κ1) is 17.2. The molecular formula is C18H19ClN4O2. The van der Waals surface area contributed by atoms with E-state index >= 15 is 0 Å². The number of benzene rings is 1. The molecule has 0 atom stereocenters. The predicted molar refractivity (Wildman–Crippen MR) is 98.4 cm³/mol. The number of ether oxygens (including phenoxy) is 1. The molecule has 25 heavy (non-hydrogen) atoms. The van der Waals surface area contributed by atoms with Crippen molar-refractivity contribution in [3.63, 3.8) is 0 Å². The smallest absolute Gasteiger partial charge is 0.257 e. The number of nitrogens with one attached hydrogen (secondary N) is 1. The summed E-state index contributed by atoms with van der Waals surface area (Å²) in [5, 5.41) is 8.44. The highest BCUT2D eigenvalue weighted by molar-refractivity contribution is 6.32. The summed E-state index contributed by atoms with van der Waals surface area (Å²) in [6, 6.07) is 6.95. The molecule has 0 aliphatic carbocycles. The van der Waals surface area contributed by atoms with Crippen LogP contribution in [0.5, 0.6) is 5.75 Å². The quantitative estimate of drug-likeness (QED) is 0.766. The van der Waals surface area contributed by atoms with Crippen molar-refractivity contribution in [3.8, 4) is 5.75 Å². The lowest BCUT2D eigenvalue weighted by Crippen LogP contribution is -2.12. The lowest BCUT2D eigenvalue weighted by atomic mass is 10.2. The maximum absolute atomic E-state index is 12.5. The minimum Gasteiger partial charge on any atom is -0.489 e. The van der Waals surface area contributed by atoms with Crippen LogP contribution in [0.3, 0.4) is 0 Å². The van der Waals surface area contributed by atoms with E-state index in [2.05, 4.69) is 15.4 Å². The van der Waals surface area contributed by atoms with Gasteiger partial charge in [-0.1, -0.05) is 11.6 Å². The number of aryl methyl sites for hydroxylation is 2. The van der Waals surface area contributed by atoms with E-state index in [1.807, 2.05) is 27.8 Å². The number of carbonyl (C=O) groups is 1. The largest absolute Gasteiger partial charge is 0.489 e. The standard InChI is InChI=1S/C18H19ClN4O2/c1-10(2)25-16-6-5-13(8-15(16)19)21-18(24)12-7-14-11(3)22-23(4)17(14)20-9-12/h5-10H,1-4H3,(H,21,24). The molecule has 0 saturated carbocycles. The van der Waals surface area contributed by atoms with Gasteiger partial charge in [-0.2, -0.15) is 5.10 Å². The van der Waals surface area contributed by atoms with Crippen molar-refractivity contribution < 1.29 is 9.53 Å². The summed E-state index contributed by atoms with van der Waals surface area (Å²) in [7, 11) is 1.82. The van der Waals surface area contributed by atoms with Crippen LogP contribution in [-0.4, -0.2) is 26.8 Å². The van der Waals surface area contributed by atoms with Crippen molar-refractivity contribution >= 4 is 34.2 Å². The second-order valence-corrected chi connectivity index (χ2v) is 6.48. The van der Waals surface area contributed by atoms with E-state index in [4.69, 9.17) is 16.3 Å². The van der Waals surface area contributed by atoms with Gasteiger partial charge in [-0.25, -0.2) is 4.98 Å². The van der Waals surface area contributed by atoms with E-state index in [9.17, 15) is 4.79 Å². The number of hydrogen-bond acceptors (Lipinski definition) is 4. The molecule has 1 aromatic carbocycles. The number of carbonyl (C=O) groups excluding carboxylic acids is 1. The normalized spacial score (nSPS) is 11.1. The third-order valence-corrected chi connectivity index (χ3v) is 3.97. The Morgan fingerprint density at radius 1 is 1.32 bits per heavy atom. The van der Waals surface area contributed by atoms with Gasteiger partial charge in [0.25, 0.3) is 5.91 Å². The highest BCUT2D eigenvalue weighted by Gasteiger charge is 2.13. The van der Waals surface area contributed by atoms with Gasteiger partial charge >= 0.3 is 0 Å². The van der Waals surface area contributed by atoms with Crippen molar-refractivity contribution in [3.05, 3.63) is 46.7 Å².